The summed E-state index contributed by atoms with van der Waals surface area (Å²) >= 11 is 1.68. The van der Waals surface area contributed by atoms with Gasteiger partial charge in [0.15, 0.2) is 0 Å². The minimum Gasteiger partial charge on any atom is -0.392 e. The summed E-state index contributed by atoms with van der Waals surface area (Å²) in [5.74, 6) is 0. The number of fused-ring (bicyclic) bond motifs is 1. The van der Waals surface area contributed by atoms with Gasteiger partial charge in [0.05, 0.1) is 13.2 Å². The quantitative estimate of drug-likeness (QED) is 0.784. The van der Waals surface area contributed by atoms with Crippen molar-refractivity contribution in [2.75, 3.05) is 0 Å². The summed E-state index contributed by atoms with van der Waals surface area (Å²) in [5.41, 5.74) is 3.16. The van der Waals surface area contributed by atoms with E-state index in [1.54, 1.807) is 11.3 Å². The number of aryl methyl sites for hydroxylation is 1. The van der Waals surface area contributed by atoms with Crippen molar-refractivity contribution in [1.29, 1.82) is 0 Å². The molecule has 0 fully saturated rings. The summed E-state index contributed by atoms with van der Waals surface area (Å²) in [5, 5.41) is 13.6. The molecule has 3 rings (SSSR count). The van der Waals surface area contributed by atoms with E-state index in [0.717, 1.165) is 28.3 Å². The van der Waals surface area contributed by atoms with Gasteiger partial charge < -0.3 is 9.67 Å². The maximum atomic E-state index is 9.20. The first-order valence-electron chi connectivity index (χ1n) is 5.86. The van der Waals surface area contributed by atoms with Gasteiger partial charge in [-0.25, -0.2) is 4.98 Å². The smallest absolute Gasteiger partial charge is 0.113 e. The van der Waals surface area contributed by atoms with Crippen LogP contribution in [0.3, 0.4) is 0 Å². The van der Waals surface area contributed by atoms with Crippen molar-refractivity contribution < 1.29 is 5.11 Å². The molecular weight excluding hydrogens is 244 g/mol. The van der Waals surface area contributed by atoms with Crippen molar-refractivity contribution in [2.24, 2.45) is 0 Å². The number of benzene rings is 1. The van der Waals surface area contributed by atoms with Gasteiger partial charge in [0.25, 0.3) is 0 Å². The molecule has 3 aromatic rings. The lowest BCUT2D eigenvalue weighted by Gasteiger charge is -2.04. The van der Waals surface area contributed by atoms with Crippen LogP contribution in [-0.4, -0.2) is 14.7 Å². The van der Waals surface area contributed by atoms with Gasteiger partial charge in [-0.2, -0.15) is 0 Å². The molecule has 3 nitrogen and oxygen atoms in total. The average Bonchev–Trinajstić information content (AvgIpc) is 2.96. The second-order valence-electron chi connectivity index (χ2n) is 4.38. The third-order valence-electron chi connectivity index (χ3n) is 2.99. The highest BCUT2D eigenvalue weighted by Crippen LogP contribution is 2.20. The summed E-state index contributed by atoms with van der Waals surface area (Å²) in [6.45, 7) is 2.88. The number of aliphatic hydroxyl groups is 1. The number of rotatable bonds is 3. The van der Waals surface area contributed by atoms with E-state index in [0.29, 0.717) is 0 Å². The van der Waals surface area contributed by atoms with Crippen molar-refractivity contribution in [3.63, 3.8) is 0 Å². The molecule has 0 radical (unpaired) electrons. The monoisotopic (exact) mass is 258 g/mol. The van der Waals surface area contributed by atoms with Gasteiger partial charge in [0, 0.05) is 22.8 Å². The zero-order valence-electron chi connectivity index (χ0n) is 10.1. The van der Waals surface area contributed by atoms with E-state index in [9.17, 15) is 5.11 Å². The predicted octanol–water partition coefficient (Wildman–Crippen LogP) is 2.95. The highest BCUT2D eigenvalue weighted by molar-refractivity contribution is 7.09. The van der Waals surface area contributed by atoms with E-state index >= 15 is 0 Å². The summed E-state index contributed by atoms with van der Waals surface area (Å²) < 4.78 is 2.17. The van der Waals surface area contributed by atoms with E-state index in [1.165, 1.54) is 5.39 Å². The summed E-state index contributed by atoms with van der Waals surface area (Å²) in [6, 6.07) is 8.14. The predicted molar refractivity (Wildman–Crippen MR) is 73.8 cm³/mol. The molecule has 0 saturated heterocycles. The fourth-order valence-electron chi connectivity index (χ4n) is 2.09. The molecule has 1 N–H and O–H groups in total. The van der Waals surface area contributed by atoms with Crippen LogP contribution in [0.5, 0.6) is 0 Å². The Balaban J connectivity index is 2.01. The van der Waals surface area contributed by atoms with Gasteiger partial charge in [-0.3, -0.25) is 0 Å². The lowest BCUT2D eigenvalue weighted by molar-refractivity contribution is 0.282. The van der Waals surface area contributed by atoms with E-state index in [1.807, 2.05) is 25.1 Å². The van der Waals surface area contributed by atoms with Crippen LogP contribution in [0, 0.1) is 6.92 Å². The molecule has 0 saturated carbocycles. The molecule has 0 spiro atoms. The molecule has 2 heterocycles. The maximum absolute atomic E-state index is 9.20. The Morgan fingerprint density at radius 3 is 2.94 bits per heavy atom. The SMILES string of the molecule is Cc1csc(Cn2ccc3ccc(CO)cc32)n1. The Hall–Kier alpha value is -1.65. The van der Waals surface area contributed by atoms with Crippen LogP contribution in [0.2, 0.25) is 0 Å². The van der Waals surface area contributed by atoms with Crippen LogP contribution >= 0.6 is 11.3 Å². The Morgan fingerprint density at radius 2 is 2.22 bits per heavy atom. The van der Waals surface area contributed by atoms with Crippen molar-refractivity contribution in [1.82, 2.24) is 9.55 Å². The van der Waals surface area contributed by atoms with Gasteiger partial charge in [-0.05, 0) is 30.0 Å². The lowest BCUT2D eigenvalue weighted by Crippen LogP contribution is -1.97. The normalized spacial score (nSPS) is 11.2. The fourth-order valence-corrected chi connectivity index (χ4v) is 2.86. The van der Waals surface area contributed by atoms with Crippen molar-refractivity contribution in [3.8, 4) is 0 Å². The van der Waals surface area contributed by atoms with Gasteiger partial charge in [-0.15, -0.1) is 11.3 Å². The molecule has 0 bridgehead atoms. The summed E-state index contributed by atoms with van der Waals surface area (Å²) in [4.78, 5) is 4.48. The third-order valence-corrected chi connectivity index (χ3v) is 3.94. The Labute approximate surface area is 109 Å². The zero-order chi connectivity index (χ0) is 12.5. The first kappa shape index (κ1) is 11.4. The molecule has 0 unspecified atom stereocenters. The zero-order valence-corrected chi connectivity index (χ0v) is 10.9. The minimum absolute atomic E-state index is 0.0808. The molecule has 18 heavy (non-hydrogen) atoms. The van der Waals surface area contributed by atoms with Gasteiger partial charge in [0.2, 0.25) is 0 Å². The van der Waals surface area contributed by atoms with E-state index in [4.69, 9.17) is 0 Å². The number of nitrogens with zero attached hydrogens (tertiary/aromatic N) is 2. The highest BCUT2D eigenvalue weighted by Gasteiger charge is 2.05. The molecule has 0 aliphatic heterocycles. The molecular formula is C14H14N2OS. The van der Waals surface area contributed by atoms with Crippen molar-refractivity contribution in [3.05, 3.63) is 52.1 Å². The van der Waals surface area contributed by atoms with Crippen molar-refractivity contribution >= 4 is 22.2 Å². The molecule has 92 valence electrons. The standard InChI is InChI=1S/C14H14N2OS/c1-10-9-18-14(15-10)7-16-5-4-12-3-2-11(8-17)6-13(12)16/h2-6,9,17H,7-8H2,1H3. The van der Waals surface area contributed by atoms with Gasteiger partial charge in [-0.1, -0.05) is 12.1 Å². The Bertz CT molecular complexity index is 684. The molecule has 0 amide bonds. The van der Waals surface area contributed by atoms with E-state index in [-0.39, 0.29) is 6.61 Å². The van der Waals surface area contributed by atoms with Gasteiger partial charge >= 0.3 is 0 Å². The first-order valence-corrected chi connectivity index (χ1v) is 6.74. The first-order chi connectivity index (χ1) is 8.76. The largest absolute Gasteiger partial charge is 0.392 e. The highest BCUT2D eigenvalue weighted by atomic mass is 32.1. The number of aliphatic hydroxyl groups excluding tert-OH is 1. The molecule has 0 aliphatic rings. The number of thiazole rings is 1. The lowest BCUT2D eigenvalue weighted by atomic mass is 10.2. The Kier molecular flexibility index (Phi) is 2.89. The van der Waals surface area contributed by atoms with Crippen LogP contribution in [0.4, 0.5) is 0 Å². The molecule has 0 aliphatic carbocycles. The second-order valence-corrected chi connectivity index (χ2v) is 5.32. The molecule has 4 heteroatoms. The topological polar surface area (TPSA) is 38.0 Å². The molecule has 2 aromatic heterocycles. The van der Waals surface area contributed by atoms with Crippen molar-refractivity contribution in [2.45, 2.75) is 20.1 Å². The molecule has 1 aromatic carbocycles. The fraction of sp³-hybridized carbons (Fsp3) is 0.214. The third kappa shape index (κ3) is 2.05. The van der Waals surface area contributed by atoms with Crippen LogP contribution in [0.15, 0.2) is 35.8 Å². The van der Waals surface area contributed by atoms with E-state index < -0.39 is 0 Å². The molecule has 0 atom stereocenters. The maximum Gasteiger partial charge on any atom is 0.113 e. The van der Waals surface area contributed by atoms with Crippen LogP contribution in [0.25, 0.3) is 10.9 Å². The summed E-state index contributed by atoms with van der Waals surface area (Å²) in [6.07, 6.45) is 2.07. The van der Waals surface area contributed by atoms with Gasteiger partial charge in [0.1, 0.15) is 5.01 Å². The Morgan fingerprint density at radius 1 is 1.33 bits per heavy atom. The van der Waals surface area contributed by atoms with E-state index in [2.05, 4.69) is 27.2 Å². The van der Waals surface area contributed by atoms with Crippen LogP contribution in [-0.2, 0) is 13.2 Å². The number of aromatic nitrogens is 2. The minimum atomic E-state index is 0.0808. The average molecular weight is 258 g/mol. The summed E-state index contributed by atoms with van der Waals surface area (Å²) in [7, 11) is 0. The number of hydrogen-bond acceptors (Lipinski definition) is 3. The van der Waals surface area contributed by atoms with Crippen LogP contribution < -0.4 is 0 Å². The second kappa shape index (κ2) is 4.55. The van der Waals surface area contributed by atoms with Crippen LogP contribution in [0.1, 0.15) is 16.3 Å². The number of hydrogen-bond donors (Lipinski definition) is 1.